The van der Waals surface area contributed by atoms with Crippen LogP contribution in [0, 0.1) is 5.92 Å². The summed E-state index contributed by atoms with van der Waals surface area (Å²) >= 11 is 0. The first-order chi connectivity index (χ1) is 14.0. The predicted molar refractivity (Wildman–Crippen MR) is 105 cm³/mol. The van der Waals surface area contributed by atoms with E-state index in [9.17, 15) is 19.5 Å². The van der Waals surface area contributed by atoms with E-state index in [1.165, 1.54) is 11.8 Å². The van der Waals surface area contributed by atoms with Crippen LogP contribution in [0.5, 0.6) is 0 Å². The number of pyridine rings is 1. The number of likely N-dealkylation sites (tertiary alicyclic amines) is 1. The van der Waals surface area contributed by atoms with Gasteiger partial charge in [0.05, 0.1) is 17.3 Å². The normalized spacial score (nSPS) is 25.6. The first kappa shape index (κ1) is 17.6. The Hall–Kier alpha value is -3.48. The molecule has 3 aliphatic heterocycles. The van der Waals surface area contributed by atoms with Crippen molar-refractivity contribution in [3.05, 3.63) is 59.4 Å². The smallest absolute Gasteiger partial charge is 0.352 e. The van der Waals surface area contributed by atoms with Gasteiger partial charge >= 0.3 is 5.97 Å². The quantitative estimate of drug-likeness (QED) is 0.812. The molecule has 0 saturated carbocycles. The molecule has 2 amide bonds. The highest BCUT2D eigenvalue weighted by molar-refractivity contribution is 6.02. The second kappa shape index (κ2) is 6.27. The van der Waals surface area contributed by atoms with Crippen molar-refractivity contribution < 1.29 is 19.5 Å². The van der Waals surface area contributed by atoms with Crippen molar-refractivity contribution in [2.75, 3.05) is 6.54 Å². The molecule has 2 saturated heterocycles. The van der Waals surface area contributed by atoms with Crippen LogP contribution < -0.4 is 0 Å². The predicted octanol–water partition coefficient (Wildman–Crippen LogP) is 2.05. The molecule has 5 rings (SSSR count). The van der Waals surface area contributed by atoms with Crippen LogP contribution in [0.15, 0.2) is 53.7 Å². The topological polar surface area (TPSA) is 90.8 Å². The lowest BCUT2D eigenvalue weighted by Gasteiger charge is -2.49. The van der Waals surface area contributed by atoms with E-state index in [2.05, 4.69) is 4.98 Å². The summed E-state index contributed by atoms with van der Waals surface area (Å²) in [5.74, 6) is -1.53. The summed E-state index contributed by atoms with van der Waals surface area (Å²) < 4.78 is 0. The summed E-state index contributed by atoms with van der Waals surface area (Å²) in [7, 11) is 0. The third-order valence-electron chi connectivity index (χ3n) is 6.07. The first-order valence-corrected chi connectivity index (χ1v) is 9.56. The van der Waals surface area contributed by atoms with Crippen molar-refractivity contribution in [2.24, 2.45) is 5.92 Å². The largest absolute Gasteiger partial charge is 0.477 e. The van der Waals surface area contributed by atoms with Gasteiger partial charge in [0.2, 0.25) is 5.91 Å². The summed E-state index contributed by atoms with van der Waals surface area (Å²) in [5.41, 5.74) is 2.19. The standard InChI is InChI=1S/C22H19N3O4/c1-12(26)24-11-15-10-14(19(22(28)29)25-18(15)20(24)21(25)27)7-9-16-8-6-13-4-2-3-5-17(13)23-16/h2-9,15,18,20H,10-11H2,1H3,(H,28,29)/b9-7+/t15-,18-,20+/m1/s1. The number of allylic oxidation sites excluding steroid dienone is 2. The molecule has 0 spiro atoms. The Morgan fingerprint density at radius 1 is 1.17 bits per heavy atom. The molecule has 1 aromatic heterocycles. The number of hydrogen-bond donors (Lipinski definition) is 1. The zero-order valence-electron chi connectivity index (χ0n) is 15.8. The summed E-state index contributed by atoms with van der Waals surface area (Å²) in [6, 6.07) is 10.9. The second-order valence-electron chi connectivity index (χ2n) is 7.72. The van der Waals surface area contributed by atoms with Crippen LogP contribution in [0.3, 0.4) is 0 Å². The SMILES string of the molecule is CC(=O)N1C[C@H]2CC(/C=C/c3ccc4ccccc4n3)=C(C(=O)O)N3C(=O)[C@@H]1[C@@H]23. The molecule has 0 aliphatic carbocycles. The lowest BCUT2D eigenvalue weighted by atomic mass is 9.79. The summed E-state index contributed by atoms with van der Waals surface area (Å²) in [5, 5.41) is 10.8. The maximum absolute atomic E-state index is 12.6. The number of hydrogen-bond acceptors (Lipinski definition) is 4. The number of fused-ring (bicyclic) bond motifs is 1. The maximum atomic E-state index is 12.6. The number of β-lactam (4-membered cyclic amide) rings is 1. The second-order valence-corrected chi connectivity index (χ2v) is 7.72. The number of carboxylic acids is 1. The third-order valence-corrected chi connectivity index (χ3v) is 6.07. The Kier molecular flexibility index (Phi) is 3.81. The molecule has 1 aromatic carbocycles. The fraction of sp³-hybridized carbons (Fsp3) is 0.273. The average molecular weight is 389 g/mol. The molecule has 29 heavy (non-hydrogen) atoms. The van der Waals surface area contributed by atoms with E-state index in [0.29, 0.717) is 24.2 Å². The van der Waals surface area contributed by atoms with E-state index >= 15 is 0 Å². The molecule has 3 atom stereocenters. The minimum absolute atomic E-state index is 0.0231. The number of benzene rings is 1. The first-order valence-electron chi connectivity index (χ1n) is 9.56. The van der Waals surface area contributed by atoms with Gasteiger partial charge in [-0.2, -0.15) is 0 Å². The zero-order valence-corrected chi connectivity index (χ0v) is 15.8. The van der Waals surface area contributed by atoms with Gasteiger partial charge < -0.3 is 10.0 Å². The molecule has 0 bridgehead atoms. The van der Waals surface area contributed by atoms with Gasteiger partial charge in [-0.25, -0.2) is 9.78 Å². The molecule has 2 aromatic rings. The highest BCUT2D eigenvalue weighted by Gasteiger charge is 2.63. The number of carboxylic acid groups (broad SMARTS) is 1. The van der Waals surface area contributed by atoms with Crippen molar-refractivity contribution in [2.45, 2.75) is 25.4 Å². The highest BCUT2D eigenvalue weighted by atomic mass is 16.4. The van der Waals surface area contributed by atoms with Crippen molar-refractivity contribution in [1.82, 2.24) is 14.8 Å². The van der Waals surface area contributed by atoms with E-state index in [4.69, 9.17) is 0 Å². The van der Waals surface area contributed by atoms with E-state index in [1.54, 1.807) is 17.1 Å². The lowest BCUT2D eigenvalue weighted by molar-refractivity contribution is -0.159. The summed E-state index contributed by atoms with van der Waals surface area (Å²) in [6.07, 6.45) is 4.04. The van der Waals surface area contributed by atoms with E-state index in [0.717, 1.165) is 10.9 Å². The Morgan fingerprint density at radius 3 is 2.72 bits per heavy atom. The van der Waals surface area contributed by atoms with Gasteiger partial charge in [-0.15, -0.1) is 0 Å². The van der Waals surface area contributed by atoms with Crippen LogP contribution in [0.25, 0.3) is 17.0 Å². The highest BCUT2D eigenvalue weighted by Crippen LogP contribution is 2.47. The van der Waals surface area contributed by atoms with Crippen molar-refractivity contribution in [1.29, 1.82) is 0 Å². The van der Waals surface area contributed by atoms with Crippen molar-refractivity contribution >= 4 is 34.8 Å². The Balaban J connectivity index is 1.50. The number of aromatic nitrogens is 1. The summed E-state index contributed by atoms with van der Waals surface area (Å²) in [6.45, 7) is 1.93. The molecule has 4 heterocycles. The number of aliphatic carboxylic acids is 1. The van der Waals surface area contributed by atoms with Crippen LogP contribution in [0.2, 0.25) is 0 Å². The van der Waals surface area contributed by atoms with Crippen LogP contribution in [0.4, 0.5) is 0 Å². The van der Waals surface area contributed by atoms with Crippen LogP contribution in [-0.4, -0.2) is 56.3 Å². The number of para-hydroxylation sites is 1. The third kappa shape index (κ3) is 2.57. The van der Waals surface area contributed by atoms with Gasteiger partial charge in [-0.05, 0) is 30.2 Å². The summed E-state index contributed by atoms with van der Waals surface area (Å²) in [4.78, 5) is 44.0. The Labute approximate surface area is 166 Å². The molecule has 1 N–H and O–H groups in total. The van der Waals surface area contributed by atoms with Crippen LogP contribution in [0.1, 0.15) is 19.0 Å². The van der Waals surface area contributed by atoms with Gasteiger partial charge in [0.15, 0.2) is 0 Å². The molecule has 146 valence electrons. The van der Waals surface area contributed by atoms with Crippen molar-refractivity contribution in [3.63, 3.8) is 0 Å². The molecule has 2 fully saturated rings. The zero-order chi connectivity index (χ0) is 20.3. The lowest BCUT2D eigenvalue weighted by Crippen LogP contribution is -2.69. The monoisotopic (exact) mass is 389 g/mol. The van der Waals surface area contributed by atoms with E-state index in [-0.39, 0.29) is 29.5 Å². The minimum Gasteiger partial charge on any atom is -0.477 e. The molecule has 0 unspecified atom stereocenters. The number of amides is 2. The van der Waals surface area contributed by atoms with Gasteiger partial charge in [-0.3, -0.25) is 14.5 Å². The molecule has 3 aliphatic rings. The van der Waals surface area contributed by atoms with Gasteiger partial charge in [0, 0.05) is 24.8 Å². The molecule has 7 heteroatoms. The molecule has 0 radical (unpaired) electrons. The number of rotatable bonds is 3. The van der Waals surface area contributed by atoms with Crippen LogP contribution >= 0.6 is 0 Å². The Bertz CT molecular complexity index is 1140. The molecular weight excluding hydrogens is 370 g/mol. The molecular formula is C22H19N3O4. The van der Waals surface area contributed by atoms with Crippen molar-refractivity contribution in [3.8, 4) is 0 Å². The van der Waals surface area contributed by atoms with Crippen LogP contribution in [-0.2, 0) is 14.4 Å². The van der Waals surface area contributed by atoms with Gasteiger partial charge in [0.1, 0.15) is 11.7 Å². The maximum Gasteiger partial charge on any atom is 0.352 e. The minimum atomic E-state index is -1.12. The van der Waals surface area contributed by atoms with E-state index < -0.39 is 12.0 Å². The fourth-order valence-electron chi connectivity index (χ4n) is 4.81. The van der Waals surface area contributed by atoms with Gasteiger partial charge in [-0.1, -0.05) is 30.3 Å². The average Bonchev–Trinajstić information content (AvgIpc) is 3.08. The van der Waals surface area contributed by atoms with Gasteiger partial charge in [0.25, 0.3) is 5.91 Å². The fourth-order valence-corrected chi connectivity index (χ4v) is 4.81. The van der Waals surface area contributed by atoms with E-state index in [1.807, 2.05) is 36.4 Å². The Morgan fingerprint density at radius 2 is 1.97 bits per heavy atom. The number of nitrogens with zero attached hydrogens (tertiary/aromatic N) is 3. The molecule has 7 nitrogen and oxygen atoms in total. The number of carbonyl (C=O) groups excluding carboxylic acids is 2. The number of carbonyl (C=O) groups is 3.